The lowest BCUT2D eigenvalue weighted by molar-refractivity contribution is -0.209. The second-order valence-electron chi connectivity index (χ2n) is 7.50. The number of hydrogen-bond acceptors (Lipinski definition) is 7. The molecule has 192 valence electrons. The molecular weight excluding hydrogens is 484 g/mol. The SMILES string of the molecule is CC(=O)C(N)(n1c(N)nc2cc(C)c(C)cc21)C(F)(F)F.O=Cc1ccc(OCC(F)(F)F)nc1.[HH]. The van der Waals surface area contributed by atoms with Crippen LogP contribution in [0.3, 0.4) is 0 Å². The Morgan fingerprint density at radius 3 is 2.20 bits per heavy atom. The molecule has 2 heterocycles. The third-order valence-corrected chi connectivity index (χ3v) is 4.90. The number of hydrogen-bond donors (Lipinski definition) is 2. The van der Waals surface area contributed by atoms with E-state index in [0.29, 0.717) is 10.9 Å². The summed E-state index contributed by atoms with van der Waals surface area (Å²) in [5.74, 6) is -1.88. The van der Waals surface area contributed by atoms with Gasteiger partial charge in [-0.2, -0.15) is 26.3 Å². The molecule has 0 aliphatic rings. The summed E-state index contributed by atoms with van der Waals surface area (Å²) in [5, 5.41) is 0. The second kappa shape index (κ2) is 9.90. The number of Topliss-reactive ketones (excluding diaryl/α,β-unsaturated/α-hetero) is 1. The first-order valence-corrected chi connectivity index (χ1v) is 9.74. The standard InChI is InChI=1S/C13H15F3N4O.C8H6F3NO2.H2/c1-6-4-9-10(5-7(6)2)20(11(17)19-9)12(18,8(3)21)13(14,15)16;9-8(10,11)5-14-7-2-1-6(4-13)3-12-7;/h4-5H,18H2,1-3H3,(H2,17,19);1-4H,5H2;1H. The van der Waals surface area contributed by atoms with Crippen molar-refractivity contribution in [2.75, 3.05) is 12.3 Å². The van der Waals surface area contributed by atoms with Gasteiger partial charge in [0.15, 0.2) is 18.7 Å². The number of aldehydes is 1. The van der Waals surface area contributed by atoms with Crippen molar-refractivity contribution in [2.45, 2.75) is 38.8 Å². The summed E-state index contributed by atoms with van der Waals surface area (Å²) < 4.78 is 80.0. The number of rotatable bonds is 5. The van der Waals surface area contributed by atoms with Gasteiger partial charge in [-0.25, -0.2) is 9.97 Å². The molecule has 0 saturated heterocycles. The third-order valence-electron chi connectivity index (χ3n) is 4.90. The number of nitrogen functional groups attached to an aromatic ring is 1. The topological polar surface area (TPSA) is 126 Å². The molecule has 0 spiro atoms. The molecule has 0 aliphatic carbocycles. The number of nitrogens with two attached hydrogens (primary N) is 2. The van der Waals surface area contributed by atoms with Crippen molar-refractivity contribution in [2.24, 2.45) is 5.73 Å². The molecule has 0 fully saturated rings. The summed E-state index contributed by atoms with van der Waals surface area (Å²) in [4.78, 5) is 29.2. The largest absolute Gasteiger partial charge is 0.468 e. The van der Waals surface area contributed by atoms with Gasteiger partial charge in [0, 0.05) is 19.3 Å². The Morgan fingerprint density at radius 2 is 1.74 bits per heavy atom. The Bertz CT molecular complexity index is 1230. The normalized spacial score (nSPS) is 13.5. The molecule has 8 nitrogen and oxygen atoms in total. The fourth-order valence-corrected chi connectivity index (χ4v) is 2.91. The highest BCUT2D eigenvalue weighted by atomic mass is 19.4. The molecule has 0 radical (unpaired) electrons. The van der Waals surface area contributed by atoms with Gasteiger partial charge in [0.2, 0.25) is 11.8 Å². The zero-order valence-electron chi connectivity index (χ0n) is 18.7. The minimum Gasteiger partial charge on any atom is -0.468 e. The van der Waals surface area contributed by atoms with Gasteiger partial charge in [-0.3, -0.25) is 19.9 Å². The first-order valence-electron chi connectivity index (χ1n) is 9.74. The maximum atomic E-state index is 13.4. The van der Waals surface area contributed by atoms with E-state index >= 15 is 0 Å². The molecule has 1 aromatic carbocycles. The lowest BCUT2D eigenvalue weighted by Gasteiger charge is -2.31. The quantitative estimate of drug-likeness (QED) is 0.394. The van der Waals surface area contributed by atoms with Crippen molar-refractivity contribution in [3.8, 4) is 5.88 Å². The molecule has 0 aliphatic heterocycles. The van der Waals surface area contributed by atoms with Crippen LogP contribution >= 0.6 is 0 Å². The summed E-state index contributed by atoms with van der Waals surface area (Å²) in [6, 6.07) is 5.62. The van der Waals surface area contributed by atoms with Crippen LogP contribution in [0.2, 0.25) is 0 Å². The molecule has 1 atom stereocenters. The lowest BCUT2D eigenvalue weighted by Crippen LogP contribution is -2.60. The van der Waals surface area contributed by atoms with E-state index in [1.807, 2.05) is 0 Å². The van der Waals surface area contributed by atoms with Crippen LogP contribution in [0.4, 0.5) is 32.3 Å². The van der Waals surface area contributed by atoms with Crippen LogP contribution in [-0.2, 0) is 10.5 Å². The number of fused-ring (bicyclic) bond motifs is 1. The smallest absolute Gasteiger partial charge is 0.432 e. The van der Waals surface area contributed by atoms with Crippen molar-refractivity contribution in [1.82, 2.24) is 14.5 Å². The summed E-state index contributed by atoms with van der Waals surface area (Å²) >= 11 is 0. The van der Waals surface area contributed by atoms with E-state index < -0.39 is 36.4 Å². The van der Waals surface area contributed by atoms with Crippen molar-refractivity contribution in [3.05, 3.63) is 47.2 Å². The first-order chi connectivity index (χ1) is 16.0. The number of aromatic nitrogens is 3. The van der Waals surface area contributed by atoms with Gasteiger partial charge in [0.1, 0.15) is 0 Å². The van der Waals surface area contributed by atoms with E-state index in [2.05, 4.69) is 14.7 Å². The maximum absolute atomic E-state index is 13.4. The van der Waals surface area contributed by atoms with Crippen molar-refractivity contribution >= 4 is 29.1 Å². The molecule has 0 saturated carbocycles. The summed E-state index contributed by atoms with van der Waals surface area (Å²) in [5.41, 5.74) is 9.97. The van der Waals surface area contributed by atoms with Crippen LogP contribution < -0.4 is 16.2 Å². The third kappa shape index (κ3) is 6.07. The minimum atomic E-state index is -5.00. The van der Waals surface area contributed by atoms with Crippen LogP contribution in [0.1, 0.15) is 29.8 Å². The van der Waals surface area contributed by atoms with Gasteiger partial charge < -0.3 is 10.5 Å². The highest BCUT2D eigenvalue weighted by Crippen LogP contribution is 2.38. The summed E-state index contributed by atoms with van der Waals surface area (Å²) in [7, 11) is 0. The maximum Gasteiger partial charge on any atom is 0.432 e. The van der Waals surface area contributed by atoms with E-state index in [1.54, 1.807) is 19.9 Å². The van der Waals surface area contributed by atoms with Crippen LogP contribution in [0.5, 0.6) is 5.88 Å². The lowest BCUT2D eigenvalue weighted by atomic mass is 10.0. The monoisotopic (exact) mass is 507 g/mol. The zero-order valence-corrected chi connectivity index (χ0v) is 18.7. The van der Waals surface area contributed by atoms with E-state index in [-0.39, 0.29) is 23.9 Å². The van der Waals surface area contributed by atoms with Gasteiger partial charge in [0.25, 0.3) is 5.66 Å². The van der Waals surface area contributed by atoms with Gasteiger partial charge in [0.05, 0.1) is 11.0 Å². The fourth-order valence-electron chi connectivity index (χ4n) is 2.91. The number of benzene rings is 1. The Morgan fingerprint density at radius 1 is 1.14 bits per heavy atom. The molecule has 1 unspecified atom stereocenters. The van der Waals surface area contributed by atoms with E-state index in [9.17, 15) is 35.9 Å². The Kier molecular flexibility index (Phi) is 7.79. The number of carbonyl (C=O) groups excluding carboxylic acids is 2. The number of alkyl halides is 6. The number of imidazole rings is 1. The van der Waals surface area contributed by atoms with Crippen LogP contribution in [0.25, 0.3) is 11.0 Å². The second-order valence-corrected chi connectivity index (χ2v) is 7.50. The van der Waals surface area contributed by atoms with Gasteiger partial charge in [-0.05, 0) is 50.1 Å². The number of pyridine rings is 1. The number of ketones is 1. The molecule has 35 heavy (non-hydrogen) atoms. The number of aryl methyl sites for hydroxylation is 2. The fraction of sp³-hybridized carbons (Fsp3) is 0.333. The highest BCUT2D eigenvalue weighted by molar-refractivity contribution is 5.89. The highest BCUT2D eigenvalue weighted by Gasteiger charge is 2.59. The minimum absolute atomic E-state index is 0. The molecule has 0 amide bonds. The molecular formula is C21H23F6N5O3. The van der Waals surface area contributed by atoms with Crippen molar-refractivity contribution < 1.29 is 42.1 Å². The Balaban J connectivity index is 0.000000379. The molecule has 14 heteroatoms. The number of halogens is 6. The molecule has 0 bridgehead atoms. The summed E-state index contributed by atoms with van der Waals surface area (Å²) in [6.07, 6.45) is -7.70. The number of ether oxygens (including phenoxy) is 1. The molecule has 3 rings (SSSR count). The number of nitrogens with zero attached hydrogens (tertiary/aromatic N) is 3. The summed E-state index contributed by atoms with van der Waals surface area (Å²) in [6.45, 7) is 2.93. The Labute approximate surface area is 196 Å². The van der Waals surface area contributed by atoms with E-state index in [1.165, 1.54) is 18.2 Å². The Hall–Kier alpha value is -3.68. The van der Waals surface area contributed by atoms with Crippen LogP contribution in [-0.4, -0.2) is 45.6 Å². The zero-order chi connectivity index (χ0) is 26.8. The van der Waals surface area contributed by atoms with E-state index in [0.717, 1.165) is 24.2 Å². The molecule has 3 aromatic rings. The van der Waals surface area contributed by atoms with Gasteiger partial charge >= 0.3 is 12.4 Å². The van der Waals surface area contributed by atoms with E-state index in [4.69, 9.17) is 11.5 Å². The van der Waals surface area contributed by atoms with Gasteiger partial charge in [-0.1, -0.05) is 0 Å². The van der Waals surface area contributed by atoms with Gasteiger partial charge in [-0.15, -0.1) is 0 Å². The number of carbonyl (C=O) groups is 2. The average molecular weight is 507 g/mol. The predicted octanol–water partition coefficient (Wildman–Crippen LogP) is 4.08. The van der Waals surface area contributed by atoms with Crippen molar-refractivity contribution in [1.29, 1.82) is 0 Å². The number of anilines is 1. The molecule has 2 aromatic heterocycles. The van der Waals surface area contributed by atoms with Crippen LogP contribution in [0, 0.1) is 13.8 Å². The first kappa shape index (κ1) is 27.6. The van der Waals surface area contributed by atoms with Crippen LogP contribution in [0.15, 0.2) is 30.5 Å². The molecule has 4 N–H and O–H groups in total. The average Bonchev–Trinajstić information content (AvgIpc) is 3.06. The van der Waals surface area contributed by atoms with Crippen molar-refractivity contribution in [3.63, 3.8) is 0 Å². The predicted molar refractivity (Wildman–Crippen MR) is 116 cm³/mol.